The number of nitrogens with one attached hydrogen (secondary N) is 1. The summed E-state index contributed by atoms with van der Waals surface area (Å²) in [5.74, 6) is -0.0760. The Bertz CT molecular complexity index is 421. The molecule has 0 aromatic heterocycles. The first kappa shape index (κ1) is 14.0. The molecule has 1 aliphatic heterocycles. The molecule has 1 aliphatic rings. The fourth-order valence-electron chi connectivity index (χ4n) is 2.52. The highest BCUT2D eigenvalue weighted by atomic mass is 16.2. The zero-order chi connectivity index (χ0) is 13.8. The molecule has 4 heteroatoms. The van der Waals surface area contributed by atoms with E-state index in [1.54, 1.807) is 0 Å². The van der Waals surface area contributed by atoms with Gasteiger partial charge in [-0.05, 0) is 32.4 Å². The zero-order valence-corrected chi connectivity index (χ0v) is 11.7. The highest BCUT2D eigenvalue weighted by Gasteiger charge is 2.25. The summed E-state index contributed by atoms with van der Waals surface area (Å²) in [6.45, 7) is 3.21. The first-order valence-electron chi connectivity index (χ1n) is 6.89. The highest BCUT2D eigenvalue weighted by Crippen LogP contribution is 2.17. The maximum absolute atomic E-state index is 12.2. The second-order valence-electron chi connectivity index (χ2n) is 5.45. The number of nitrogens with zero attached hydrogens (tertiary/aromatic N) is 1. The molecule has 3 unspecified atom stereocenters. The molecule has 1 heterocycles. The van der Waals surface area contributed by atoms with Crippen LogP contribution in [0.3, 0.4) is 0 Å². The maximum Gasteiger partial charge on any atom is 0.241 e. The second-order valence-corrected chi connectivity index (χ2v) is 5.45. The van der Waals surface area contributed by atoms with Crippen LogP contribution in [-0.2, 0) is 4.79 Å². The van der Waals surface area contributed by atoms with Crippen molar-refractivity contribution >= 4 is 5.91 Å². The number of likely N-dealkylation sites (tertiary alicyclic amines) is 1. The first-order chi connectivity index (χ1) is 9.08. The first-order valence-corrected chi connectivity index (χ1v) is 6.89. The van der Waals surface area contributed by atoms with Gasteiger partial charge >= 0.3 is 0 Å². The van der Waals surface area contributed by atoms with Crippen molar-refractivity contribution in [1.82, 2.24) is 10.2 Å². The van der Waals surface area contributed by atoms with Crippen LogP contribution in [-0.4, -0.2) is 36.5 Å². The van der Waals surface area contributed by atoms with Crippen LogP contribution in [0.5, 0.6) is 0 Å². The molecular formula is C15H23N3O. The summed E-state index contributed by atoms with van der Waals surface area (Å²) in [6, 6.07) is 9.69. The number of rotatable bonds is 3. The van der Waals surface area contributed by atoms with E-state index in [-0.39, 0.29) is 11.9 Å². The smallest absolute Gasteiger partial charge is 0.241 e. The third kappa shape index (κ3) is 3.55. The van der Waals surface area contributed by atoms with E-state index < -0.39 is 6.04 Å². The van der Waals surface area contributed by atoms with Crippen LogP contribution in [0.15, 0.2) is 30.3 Å². The van der Waals surface area contributed by atoms with Crippen molar-refractivity contribution in [2.45, 2.75) is 37.9 Å². The molecule has 3 N–H and O–H groups in total. The molecule has 19 heavy (non-hydrogen) atoms. The van der Waals surface area contributed by atoms with Gasteiger partial charge in [0.25, 0.3) is 0 Å². The predicted octanol–water partition coefficient (Wildman–Crippen LogP) is 1.29. The van der Waals surface area contributed by atoms with Gasteiger partial charge in [-0.15, -0.1) is 0 Å². The molecule has 1 fully saturated rings. The minimum Gasteiger partial charge on any atom is -0.352 e. The van der Waals surface area contributed by atoms with E-state index in [1.165, 1.54) is 0 Å². The molecule has 1 aromatic carbocycles. The molecule has 1 aromatic rings. The van der Waals surface area contributed by atoms with Crippen molar-refractivity contribution in [3.05, 3.63) is 35.9 Å². The standard InChI is InChI=1S/C15H23N3O/c1-11-10-13(8-9-18(11)2)17-15(19)14(16)12-6-4-3-5-7-12/h3-7,11,13-14H,8-10,16H2,1-2H3,(H,17,19). The normalized spacial score (nSPS) is 25.8. The Kier molecular flexibility index (Phi) is 4.56. The molecule has 1 saturated heterocycles. The highest BCUT2D eigenvalue weighted by molar-refractivity contribution is 5.83. The van der Waals surface area contributed by atoms with Crippen molar-refractivity contribution in [1.29, 1.82) is 0 Å². The van der Waals surface area contributed by atoms with E-state index in [1.807, 2.05) is 30.3 Å². The number of hydrogen-bond donors (Lipinski definition) is 2. The summed E-state index contributed by atoms with van der Waals surface area (Å²) in [5, 5.41) is 3.08. The van der Waals surface area contributed by atoms with E-state index >= 15 is 0 Å². The van der Waals surface area contributed by atoms with Crippen LogP contribution >= 0.6 is 0 Å². The Labute approximate surface area is 115 Å². The fraction of sp³-hybridized carbons (Fsp3) is 0.533. The molecule has 2 rings (SSSR count). The van der Waals surface area contributed by atoms with E-state index in [4.69, 9.17) is 5.73 Å². The van der Waals surface area contributed by atoms with Crippen molar-refractivity contribution in [2.75, 3.05) is 13.6 Å². The monoisotopic (exact) mass is 261 g/mol. The van der Waals surface area contributed by atoms with Gasteiger partial charge in [0.15, 0.2) is 0 Å². The number of piperidine rings is 1. The lowest BCUT2D eigenvalue weighted by molar-refractivity contribution is -0.123. The van der Waals surface area contributed by atoms with Crippen molar-refractivity contribution in [3.8, 4) is 0 Å². The van der Waals surface area contributed by atoms with Gasteiger partial charge in [0.05, 0.1) is 0 Å². The Balaban J connectivity index is 1.91. The van der Waals surface area contributed by atoms with Gasteiger partial charge < -0.3 is 16.0 Å². The van der Waals surface area contributed by atoms with Crippen molar-refractivity contribution < 1.29 is 4.79 Å². The van der Waals surface area contributed by atoms with Crippen LogP contribution in [0.2, 0.25) is 0 Å². The molecule has 104 valence electrons. The van der Waals surface area contributed by atoms with Gasteiger partial charge in [-0.25, -0.2) is 0 Å². The number of benzene rings is 1. The number of hydrogen-bond acceptors (Lipinski definition) is 3. The van der Waals surface area contributed by atoms with Crippen LogP contribution in [0.4, 0.5) is 0 Å². The summed E-state index contributed by atoms with van der Waals surface area (Å²) in [4.78, 5) is 14.5. The molecular weight excluding hydrogens is 238 g/mol. The van der Waals surface area contributed by atoms with Crippen molar-refractivity contribution in [2.24, 2.45) is 5.73 Å². The van der Waals surface area contributed by atoms with Crippen molar-refractivity contribution in [3.63, 3.8) is 0 Å². The molecule has 4 nitrogen and oxygen atoms in total. The molecule has 0 spiro atoms. The predicted molar refractivity (Wildman–Crippen MR) is 76.6 cm³/mol. The Morgan fingerprint density at radius 1 is 1.42 bits per heavy atom. The topological polar surface area (TPSA) is 58.4 Å². The fourth-order valence-corrected chi connectivity index (χ4v) is 2.52. The molecule has 0 aliphatic carbocycles. The summed E-state index contributed by atoms with van der Waals surface area (Å²) >= 11 is 0. The van der Waals surface area contributed by atoms with Crippen LogP contribution in [0.25, 0.3) is 0 Å². The Morgan fingerprint density at radius 2 is 2.11 bits per heavy atom. The average Bonchev–Trinajstić information content (AvgIpc) is 2.43. The molecule has 0 bridgehead atoms. The second kappa shape index (κ2) is 6.17. The maximum atomic E-state index is 12.2. The van der Waals surface area contributed by atoms with Gasteiger partial charge in [0.2, 0.25) is 5.91 Å². The lowest BCUT2D eigenvalue weighted by atomic mass is 9.98. The minimum atomic E-state index is -0.573. The lowest BCUT2D eigenvalue weighted by Gasteiger charge is -2.35. The summed E-state index contributed by atoms with van der Waals surface area (Å²) in [7, 11) is 2.12. The van der Waals surface area contributed by atoms with Crippen LogP contribution < -0.4 is 11.1 Å². The van der Waals surface area contributed by atoms with Crippen LogP contribution in [0, 0.1) is 0 Å². The molecule has 3 atom stereocenters. The van der Waals surface area contributed by atoms with Gasteiger partial charge in [-0.2, -0.15) is 0 Å². The summed E-state index contributed by atoms with van der Waals surface area (Å²) < 4.78 is 0. The Hall–Kier alpha value is -1.39. The number of carbonyl (C=O) groups is 1. The van der Waals surface area contributed by atoms with E-state index in [0.717, 1.165) is 24.9 Å². The van der Waals surface area contributed by atoms with Gasteiger partial charge in [-0.3, -0.25) is 4.79 Å². The largest absolute Gasteiger partial charge is 0.352 e. The Morgan fingerprint density at radius 3 is 2.74 bits per heavy atom. The molecule has 0 saturated carbocycles. The summed E-state index contributed by atoms with van der Waals surface area (Å²) in [5.41, 5.74) is 6.86. The number of carbonyl (C=O) groups excluding carboxylic acids is 1. The number of nitrogens with two attached hydrogens (primary N) is 1. The SMILES string of the molecule is CC1CC(NC(=O)C(N)c2ccccc2)CCN1C. The van der Waals surface area contributed by atoms with Gasteiger partial charge in [-0.1, -0.05) is 30.3 Å². The molecule has 1 amide bonds. The average molecular weight is 261 g/mol. The molecule has 0 radical (unpaired) electrons. The van der Waals surface area contributed by atoms with Gasteiger partial charge in [0, 0.05) is 18.6 Å². The zero-order valence-electron chi connectivity index (χ0n) is 11.7. The number of amides is 1. The minimum absolute atomic E-state index is 0.0760. The summed E-state index contributed by atoms with van der Waals surface area (Å²) in [6.07, 6.45) is 1.98. The third-order valence-electron chi connectivity index (χ3n) is 4.00. The van der Waals surface area contributed by atoms with Crippen LogP contribution in [0.1, 0.15) is 31.4 Å². The van der Waals surface area contributed by atoms with Gasteiger partial charge in [0.1, 0.15) is 6.04 Å². The van der Waals surface area contributed by atoms with E-state index in [0.29, 0.717) is 6.04 Å². The van der Waals surface area contributed by atoms with E-state index in [2.05, 4.69) is 24.2 Å². The lowest BCUT2D eigenvalue weighted by Crippen LogP contribution is -2.49. The quantitative estimate of drug-likeness (QED) is 0.862. The van der Waals surface area contributed by atoms with E-state index in [9.17, 15) is 4.79 Å². The third-order valence-corrected chi connectivity index (χ3v) is 4.00.